The van der Waals surface area contributed by atoms with Crippen LogP contribution in [0.5, 0.6) is 5.75 Å². The summed E-state index contributed by atoms with van der Waals surface area (Å²) in [4.78, 5) is 4.87. The maximum absolute atomic E-state index is 5.84. The van der Waals surface area contributed by atoms with Gasteiger partial charge in [-0.2, -0.15) is 0 Å². The van der Waals surface area contributed by atoms with Gasteiger partial charge in [-0.1, -0.05) is 60.2 Å². The maximum atomic E-state index is 5.84. The molecular formula is C23H22N2O. The monoisotopic (exact) mass is 342 g/mol. The van der Waals surface area contributed by atoms with Gasteiger partial charge in [-0.15, -0.1) is 0 Å². The average molecular weight is 342 g/mol. The Balaban J connectivity index is 1.56. The van der Waals surface area contributed by atoms with Crippen LogP contribution in [0.25, 0.3) is 22.4 Å². The Kier molecular flexibility index (Phi) is 4.69. The number of hydrogen-bond acceptors (Lipinski definition) is 2. The van der Waals surface area contributed by atoms with E-state index < -0.39 is 0 Å². The van der Waals surface area contributed by atoms with Gasteiger partial charge in [0.1, 0.15) is 11.6 Å². The first-order valence-electron chi connectivity index (χ1n) is 9.01. The summed E-state index contributed by atoms with van der Waals surface area (Å²) in [6, 6.07) is 26.9. The standard InChI is InChI=1S/C23H22N2O/c1-18-12-14-19(15-13-18)23-24-21-10-5-6-11-22(21)25(23)16-7-17-26-20-8-3-2-4-9-20/h2-6,8-15H,7,16-17H2,1H3. The Labute approximate surface area is 153 Å². The number of imidazole rings is 1. The molecule has 3 aromatic carbocycles. The van der Waals surface area contributed by atoms with Crippen LogP contribution < -0.4 is 4.74 Å². The van der Waals surface area contributed by atoms with Crippen LogP contribution in [0.1, 0.15) is 12.0 Å². The van der Waals surface area contributed by atoms with Gasteiger partial charge >= 0.3 is 0 Å². The second kappa shape index (κ2) is 7.44. The first-order valence-corrected chi connectivity index (χ1v) is 9.01. The smallest absolute Gasteiger partial charge is 0.141 e. The second-order valence-corrected chi connectivity index (χ2v) is 6.46. The van der Waals surface area contributed by atoms with Crippen LogP contribution in [0.4, 0.5) is 0 Å². The van der Waals surface area contributed by atoms with Gasteiger partial charge in [0.05, 0.1) is 17.6 Å². The van der Waals surface area contributed by atoms with Gasteiger partial charge in [0, 0.05) is 12.1 Å². The van der Waals surface area contributed by atoms with Crippen LogP contribution in [0.15, 0.2) is 78.9 Å². The highest BCUT2D eigenvalue weighted by Gasteiger charge is 2.12. The Hall–Kier alpha value is -3.07. The van der Waals surface area contributed by atoms with E-state index in [9.17, 15) is 0 Å². The van der Waals surface area contributed by atoms with Crippen LogP contribution in [0.3, 0.4) is 0 Å². The normalized spacial score (nSPS) is 11.0. The molecule has 0 aliphatic heterocycles. The van der Waals surface area contributed by atoms with Crippen molar-refractivity contribution in [3.8, 4) is 17.1 Å². The number of aromatic nitrogens is 2. The van der Waals surface area contributed by atoms with Crippen molar-refractivity contribution in [3.63, 3.8) is 0 Å². The van der Waals surface area contributed by atoms with Crippen LogP contribution in [-0.4, -0.2) is 16.2 Å². The quantitative estimate of drug-likeness (QED) is 0.434. The van der Waals surface area contributed by atoms with Gasteiger partial charge < -0.3 is 9.30 Å². The summed E-state index contributed by atoms with van der Waals surface area (Å²) >= 11 is 0. The van der Waals surface area contributed by atoms with Gasteiger partial charge in [-0.25, -0.2) is 4.98 Å². The molecule has 0 fully saturated rings. The molecule has 0 atom stereocenters. The van der Waals surface area contributed by atoms with Gasteiger partial charge in [0.25, 0.3) is 0 Å². The first kappa shape index (κ1) is 16.4. The summed E-state index contributed by atoms with van der Waals surface area (Å²) in [5, 5.41) is 0. The predicted octanol–water partition coefficient (Wildman–Crippen LogP) is 5.48. The Morgan fingerprint density at radius 3 is 2.38 bits per heavy atom. The Bertz CT molecular complexity index is 988. The summed E-state index contributed by atoms with van der Waals surface area (Å²) in [5.41, 5.74) is 4.61. The number of hydrogen-bond donors (Lipinski definition) is 0. The molecule has 1 heterocycles. The lowest BCUT2D eigenvalue weighted by Gasteiger charge is -2.11. The lowest BCUT2D eigenvalue weighted by Crippen LogP contribution is -2.06. The van der Waals surface area contributed by atoms with Crippen LogP contribution in [-0.2, 0) is 6.54 Å². The van der Waals surface area contributed by atoms with E-state index >= 15 is 0 Å². The molecule has 3 nitrogen and oxygen atoms in total. The van der Waals surface area contributed by atoms with Crippen molar-refractivity contribution >= 4 is 11.0 Å². The zero-order chi connectivity index (χ0) is 17.8. The van der Waals surface area contributed by atoms with Gasteiger partial charge in [-0.05, 0) is 37.6 Å². The van der Waals surface area contributed by atoms with Crippen molar-refractivity contribution < 1.29 is 4.74 Å². The molecule has 0 saturated carbocycles. The molecule has 0 bridgehead atoms. The molecule has 0 amide bonds. The fourth-order valence-electron chi connectivity index (χ4n) is 3.15. The highest BCUT2D eigenvalue weighted by molar-refractivity contribution is 5.80. The minimum atomic E-state index is 0.684. The van der Waals surface area contributed by atoms with Crippen molar-refractivity contribution in [1.29, 1.82) is 0 Å². The highest BCUT2D eigenvalue weighted by Crippen LogP contribution is 2.25. The van der Waals surface area contributed by atoms with E-state index in [1.807, 2.05) is 36.4 Å². The van der Waals surface area contributed by atoms with Crippen molar-refractivity contribution in [2.75, 3.05) is 6.61 Å². The van der Waals surface area contributed by atoms with Crippen LogP contribution in [0, 0.1) is 6.92 Å². The summed E-state index contributed by atoms with van der Waals surface area (Å²) in [6.45, 7) is 3.66. The number of nitrogens with zero attached hydrogens (tertiary/aromatic N) is 2. The molecule has 3 heteroatoms. The second-order valence-electron chi connectivity index (χ2n) is 6.46. The van der Waals surface area contributed by atoms with Crippen LogP contribution in [0.2, 0.25) is 0 Å². The maximum Gasteiger partial charge on any atom is 0.141 e. The predicted molar refractivity (Wildman–Crippen MR) is 106 cm³/mol. The number of aryl methyl sites for hydroxylation is 2. The van der Waals surface area contributed by atoms with Gasteiger partial charge in [0.2, 0.25) is 0 Å². The fourth-order valence-corrected chi connectivity index (χ4v) is 3.15. The fraction of sp³-hybridized carbons (Fsp3) is 0.174. The SMILES string of the molecule is Cc1ccc(-c2nc3ccccc3n2CCCOc2ccccc2)cc1. The number of rotatable bonds is 6. The molecular weight excluding hydrogens is 320 g/mol. The molecule has 0 saturated heterocycles. The summed E-state index contributed by atoms with van der Waals surface area (Å²) in [7, 11) is 0. The van der Waals surface area contributed by atoms with E-state index in [1.54, 1.807) is 0 Å². The third-order valence-electron chi connectivity index (χ3n) is 4.50. The minimum Gasteiger partial charge on any atom is -0.494 e. The molecule has 4 rings (SSSR count). The Morgan fingerprint density at radius 2 is 1.58 bits per heavy atom. The zero-order valence-electron chi connectivity index (χ0n) is 14.9. The number of para-hydroxylation sites is 3. The van der Waals surface area contributed by atoms with Crippen molar-refractivity contribution in [3.05, 3.63) is 84.4 Å². The van der Waals surface area contributed by atoms with E-state index in [2.05, 4.69) is 54.0 Å². The van der Waals surface area contributed by atoms with Crippen LogP contribution >= 0.6 is 0 Å². The summed E-state index contributed by atoms with van der Waals surface area (Å²) in [6.07, 6.45) is 0.925. The molecule has 0 unspecified atom stereocenters. The third kappa shape index (κ3) is 3.47. The lowest BCUT2D eigenvalue weighted by molar-refractivity contribution is 0.303. The molecule has 0 radical (unpaired) electrons. The minimum absolute atomic E-state index is 0.684. The molecule has 0 aliphatic carbocycles. The topological polar surface area (TPSA) is 27.1 Å². The van der Waals surface area contributed by atoms with E-state index in [1.165, 1.54) is 11.1 Å². The number of fused-ring (bicyclic) bond motifs is 1. The molecule has 0 aliphatic rings. The van der Waals surface area contributed by atoms with E-state index in [-0.39, 0.29) is 0 Å². The molecule has 130 valence electrons. The van der Waals surface area contributed by atoms with E-state index in [4.69, 9.17) is 9.72 Å². The average Bonchev–Trinajstić information content (AvgIpc) is 3.05. The first-order chi connectivity index (χ1) is 12.8. The van der Waals surface area contributed by atoms with Crippen molar-refractivity contribution in [2.24, 2.45) is 0 Å². The number of ether oxygens (including phenoxy) is 1. The van der Waals surface area contributed by atoms with E-state index in [0.29, 0.717) is 6.61 Å². The highest BCUT2D eigenvalue weighted by atomic mass is 16.5. The summed E-state index contributed by atoms with van der Waals surface area (Å²) < 4.78 is 8.14. The van der Waals surface area contributed by atoms with Gasteiger partial charge in [-0.3, -0.25) is 0 Å². The Morgan fingerprint density at radius 1 is 0.846 bits per heavy atom. The van der Waals surface area contributed by atoms with Crippen molar-refractivity contribution in [2.45, 2.75) is 19.9 Å². The third-order valence-corrected chi connectivity index (χ3v) is 4.50. The molecule has 1 aromatic heterocycles. The largest absolute Gasteiger partial charge is 0.494 e. The molecule has 0 spiro atoms. The zero-order valence-corrected chi connectivity index (χ0v) is 14.9. The van der Waals surface area contributed by atoms with Gasteiger partial charge in [0.15, 0.2) is 0 Å². The summed E-state index contributed by atoms with van der Waals surface area (Å²) in [5.74, 6) is 1.94. The molecule has 26 heavy (non-hydrogen) atoms. The number of benzene rings is 3. The van der Waals surface area contributed by atoms with Crippen molar-refractivity contribution in [1.82, 2.24) is 9.55 Å². The molecule has 0 N–H and O–H groups in total. The lowest BCUT2D eigenvalue weighted by atomic mass is 10.1. The molecule has 4 aromatic rings. The van der Waals surface area contributed by atoms with E-state index in [0.717, 1.165) is 35.6 Å².